The molecule has 0 fully saturated rings. The van der Waals surface area contributed by atoms with Gasteiger partial charge in [-0.15, -0.1) is 0 Å². The van der Waals surface area contributed by atoms with E-state index in [1.54, 1.807) is 30.3 Å². The van der Waals surface area contributed by atoms with E-state index in [9.17, 15) is 13.2 Å². The van der Waals surface area contributed by atoms with Gasteiger partial charge in [0.15, 0.2) is 0 Å². The fourth-order valence-electron chi connectivity index (χ4n) is 1.30. The summed E-state index contributed by atoms with van der Waals surface area (Å²) in [4.78, 5) is 7.76. The van der Waals surface area contributed by atoms with E-state index in [0.29, 0.717) is 11.3 Å². The van der Waals surface area contributed by atoms with Crippen molar-refractivity contribution in [2.45, 2.75) is 10.5 Å². The lowest BCUT2D eigenvalue weighted by Gasteiger charge is -2.09. The molecule has 17 heavy (non-hydrogen) atoms. The van der Waals surface area contributed by atoms with E-state index < -0.39 is 5.51 Å². The van der Waals surface area contributed by atoms with Gasteiger partial charge in [-0.05, 0) is 24.3 Å². The van der Waals surface area contributed by atoms with Crippen LogP contribution in [-0.4, -0.2) is 15.5 Å². The lowest BCUT2D eigenvalue weighted by atomic mass is 10.2. The summed E-state index contributed by atoms with van der Waals surface area (Å²) in [5.41, 5.74) is -3.49. The summed E-state index contributed by atoms with van der Waals surface area (Å²) in [5.74, 6) is 0. The molecule has 0 aliphatic carbocycles. The Morgan fingerprint density at radius 1 is 0.941 bits per heavy atom. The fourth-order valence-corrected chi connectivity index (χ4v) is 1.91. The normalized spacial score (nSPS) is 11.5. The maximum absolute atomic E-state index is 12.3. The van der Waals surface area contributed by atoms with E-state index in [2.05, 4.69) is 9.97 Å². The Hall–Kier alpha value is -1.56. The molecular formula is C11H7F3N2S. The Morgan fingerprint density at radius 3 is 2.35 bits per heavy atom. The van der Waals surface area contributed by atoms with Gasteiger partial charge in [-0.25, -0.2) is 4.98 Å². The van der Waals surface area contributed by atoms with Crippen molar-refractivity contribution in [1.82, 2.24) is 9.97 Å². The molecule has 0 radical (unpaired) electrons. The lowest BCUT2D eigenvalue weighted by molar-refractivity contribution is -0.0329. The van der Waals surface area contributed by atoms with Crippen LogP contribution in [0.4, 0.5) is 13.2 Å². The number of aromatic nitrogens is 2. The SMILES string of the molecule is FC(F)(F)Sc1ncccc1-c1ccccn1. The standard InChI is InChI=1S/C11H7F3N2S/c12-11(13,14)17-10-8(4-3-7-16-10)9-5-1-2-6-15-9/h1-7H. The summed E-state index contributed by atoms with van der Waals surface area (Å²) >= 11 is -0.229. The minimum Gasteiger partial charge on any atom is -0.256 e. The number of alkyl halides is 3. The number of hydrogen-bond acceptors (Lipinski definition) is 3. The highest BCUT2D eigenvalue weighted by Gasteiger charge is 2.31. The first kappa shape index (κ1) is 11.9. The third-order valence-electron chi connectivity index (χ3n) is 1.92. The van der Waals surface area contributed by atoms with Gasteiger partial charge in [-0.1, -0.05) is 6.07 Å². The van der Waals surface area contributed by atoms with Crippen LogP contribution in [0.15, 0.2) is 47.8 Å². The maximum atomic E-state index is 12.3. The number of nitrogens with zero attached hydrogens (tertiary/aromatic N) is 2. The minimum atomic E-state index is -4.35. The van der Waals surface area contributed by atoms with Crippen molar-refractivity contribution in [3.63, 3.8) is 0 Å². The Balaban J connectivity index is 2.41. The molecule has 0 aliphatic rings. The van der Waals surface area contributed by atoms with Gasteiger partial charge < -0.3 is 0 Å². The van der Waals surface area contributed by atoms with Gasteiger partial charge in [0.1, 0.15) is 5.03 Å². The van der Waals surface area contributed by atoms with Crippen molar-refractivity contribution in [2.75, 3.05) is 0 Å². The molecule has 88 valence electrons. The lowest BCUT2D eigenvalue weighted by Crippen LogP contribution is -2.01. The molecule has 2 heterocycles. The number of pyridine rings is 2. The molecule has 0 amide bonds. The molecule has 0 spiro atoms. The van der Waals surface area contributed by atoms with Crippen LogP contribution in [0.3, 0.4) is 0 Å². The van der Waals surface area contributed by atoms with E-state index in [0.717, 1.165) is 0 Å². The highest BCUT2D eigenvalue weighted by Crippen LogP contribution is 2.39. The van der Waals surface area contributed by atoms with E-state index in [-0.39, 0.29) is 16.8 Å². The van der Waals surface area contributed by atoms with Crippen molar-refractivity contribution >= 4 is 11.8 Å². The van der Waals surface area contributed by atoms with Crippen LogP contribution < -0.4 is 0 Å². The molecule has 2 rings (SSSR count). The highest BCUT2D eigenvalue weighted by atomic mass is 32.2. The Kier molecular flexibility index (Phi) is 3.33. The molecule has 2 nitrogen and oxygen atoms in total. The molecular weight excluding hydrogens is 249 g/mol. The third-order valence-corrected chi connectivity index (χ3v) is 2.67. The first-order valence-corrected chi connectivity index (χ1v) is 5.50. The zero-order chi connectivity index (χ0) is 12.3. The predicted molar refractivity (Wildman–Crippen MR) is 59.4 cm³/mol. The average Bonchev–Trinajstić information content (AvgIpc) is 2.29. The molecule has 0 unspecified atom stereocenters. The molecule has 6 heteroatoms. The summed E-state index contributed by atoms with van der Waals surface area (Å²) in [7, 11) is 0. The van der Waals surface area contributed by atoms with Gasteiger partial charge in [-0.2, -0.15) is 13.2 Å². The van der Waals surface area contributed by atoms with Gasteiger partial charge >= 0.3 is 5.51 Å². The molecule has 0 aromatic carbocycles. The predicted octanol–water partition coefficient (Wildman–Crippen LogP) is 3.76. The van der Waals surface area contributed by atoms with E-state index in [4.69, 9.17) is 0 Å². The molecule has 0 bridgehead atoms. The molecule has 0 saturated heterocycles. The summed E-state index contributed by atoms with van der Waals surface area (Å²) in [6.07, 6.45) is 2.87. The van der Waals surface area contributed by atoms with Crippen LogP contribution in [0, 0.1) is 0 Å². The summed E-state index contributed by atoms with van der Waals surface area (Å²) in [5, 5.41) is -0.0845. The van der Waals surface area contributed by atoms with Gasteiger partial charge in [0.05, 0.1) is 5.69 Å². The second kappa shape index (κ2) is 4.75. The molecule has 0 aliphatic heterocycles. The largest absolute Gasteiger partial charge is 0.447 e. The Morgan fingerprint density at radius 2 is 1.71 bits per heavy atom. The van der Waals surface area contributed by atoms with Crippen molar-refractivity contribution in [3.8, 4) is 11.3 Å². The molecule has 2 aromatic rings. The zero-order valence-corrected chi connectivity index (χ0v) is 9.29. The number of rotatable bonds is 2. The fraction of sp³-hybridized carbons (Fsp3) is 0.0909. The number of hydrogen-bond donors (Lipinski definition) is 0. The van der Waals surface area contributed by atoms with Crippen molar-refractivity contribution in [3.05, 3.63) is 42.7 Å². The van der Waals surface area contributed by atoms with Crippen LogP contribution in [0.5, 0.6) is 0 Å². The van der Waals surface area contributed by atoms with Crippen LogP contribution in [0.25, 0.3) is 11.3 Å². The van der Waals surface area contributed by atoms with Crippen molar-refractivity contribution < 1.29 is 13.2 Å². The topological polar surface area (TPSA) is 25.8 Å². The average molecular weight is 256 g/mol. The first-order chi connectivity index (χ1) is 8.06. The van der Waals surface area contributed by atoms with Crippen LogP contribution in [0.2, 0.25) is 0 Å². The Labute approximate surface area is 99.9 Å². The molecule has 0 saturated carbocycles. The molecule has 2 aromatic heterocycles. The Bertz CT molecular complexity index is 500. The van der Waals surface area contributed by atoms with Crippen LogP contribution >= 0.6 is 11.8 Å². The molecule has 0 atom stereocenters. The summed E-state index contributed by atoms with van der Waals surface area (Å²) in [6, 6.07) is 8.24. The van der Waals surface area contributed by atoms with Crippen LogP contribution in [-0.2, 0) is 0 Å². The monoisotopic (exact) mass is 256 g/mol. The first-order valence-electron chi connectivity index (χ1n) is 4.68. The second-order valence-electron chi connectivity index (χ2n) is 3.12. The molecule has 0 N–H and O–H groups in total. The minimum absolute atomic E-state index is 0.0845. The van der Waals surface area contributed by atoms with Crippen molar-refractivity contribution in [2.24, 2.45) is 0 Å². The second-order valence-corrected chi connectivity index (χ2v) is 4.17. The van der Waals surface area contributed by atoms with E-state index >= 15 is 0 Å². The van der Waals surface area contributed by atoms with Gasteiger partial charge in [0, 0.05) is 29.7 Å². The summed E-state index contributed by atoms with van der Waals surface area (Å²) < 4.78 is 37.0. The van der Waals surface area contributed by atoms with Gasteiger partial charge in [0.2, 0.25) is 0 Å². The van der Waals surface area contributed by atoms with Gasteiger partial charge in [0.25, 0.3) is 0 Å². The number of thioether (sulfide) groups is 1. The van der Waals surface area contributed by atoms with E-state index in [1.807, 2.05) is 0 Å². The quantitative estimate of drug-likeness (QED) is 0.765. The highest BCUT2D eigenvalue weighted by molar-refractivity contribution is 8.00. The summed E-state index contributed by atoms with van der Waals surface area (Å²) in [6.45, 7) is 0. The van der Waals surface area contributed by atoms with Crippen LogP contribution in [0.1, 0.15) is 0 Å². The zero-order valence-electron chi connectivity index (χ0n) is 8.48. The third kappa shape index (κ3) is 3.20. The van der Waals surface area contributed by atoms with E-state index in [1.165, 1.54) is 12.4 Å². The van der Waals surface area contributed by atoms with Gasteiger partial charge in [-0.3, -0.25) is 4.98 Å². The maximum Gasteiger partial charge on any atom is 0.447 e. The smallest absolute Gasteiger partial charge is 0.256 e. The number of halogens is 3. The van der Waals surface area contributed by atoms with Crippen molar-refractivity contribution in [1.29, 1.82) is 0 Å².